The van der Waals surface area contributed by atoms with Crippen LogP contribution < -0.4 is 10.6 Å². The summed E-state index contributed by atoms with van der Waals surface area (Å²) in [5.74, 6) is 0.0348. The van der Waals surface area contributed by atoms with Gasteiger partial charge in [0.1, 0.15) is 0 Å². The van der Waals surface area contributed by atoms with Gasteiger partial charge in [-0.3, -0.25) is 14.5 Å². The first kappa shape index (κ1) is 22.1. The molecule has 0 bridgehead atoms. The van der Waals surface area contributed by atoms with Gasteiger partial charge in [-0.15, -0.1) is 0 Å². The molecule has 0 aliphatic carbocycles. The summed E-state index contributed by atoms with van der Waals surface area (Å²) in [6.07, 6.45) is 2.37. The molecule has 1 fully saturated rings. The van der Waals surface area contributed by atoms with Crippen LogP contribution in [0, 0.1) is 5.92 Å². The first-order valence-electron chi connectivity index (χ1n) is 9.32. The Kier molecular flexibility index (Phi) is 9.54. The van der Waals surface area contributed by atoms with Crippen molar-refractivity contribution < 1.29 is 14.3 Å². The Morgan fingerprint density at radius 2 is 2.07 bits per heavy atom. The number of nitrogens with one attached hydrogen (secondary N) is 2. The summed E-state index contributed by atoms with van der Waals surface area (Å²) in [6.45, 7) is 5.75. The van der Waals surface area contributed by atoms with Crippen LogP contribution in [0.1, 0.15) is 26.2 Å². The first-order chi connectivity index (χ1) is 13.0. The largest absolute Gasteiger partial charge is 0.382 e. The van der Waals surface area contributed by atoms with Crippen LogP contribution in [0.25, 0.3) is 0 Å². The molecule has 1 aromatic rings. The van der Waals surface area contributed by atoms with Crippen LogP contribution in [0.4, 0.5) is 5.69 Å². The number of benzene rings is 1. The number of hydrogen-bond acceptors (Lipinski definition) is 4. The number of rotatable bonds is 9. The molecule has 0 spiro atoms. The van der Waals surface area contributed by atoms with Gasteiger partial charge in [0.15, 0.2) is 0 Å². The van der Waals surface area contributed by atoms with E-state index in [0.717, 1.165) is 36.8 Å². The number of carbonyl (C=O) groups is 2. The second-order valence-electron chi connectivity index (χ2n) is 6.56. The van der Waals surface area contributed by atoms with E-state index in [2.05, 4.69) is 31.5 Å². The Labute approximate surface area is 174 Å². The molecule has 2 amide bonds. The average Bonchev–Trinajstić information content (AvgIpc) is 2.64. The summed E-state index contributed by atoms with van der Waals surface area (Å²) in [5.41, 5.74) is 0.603. The molecule has 27 heavy (non-hydrogen) atoms. The predicted molar refractivity (Wildman–Crippen MR) is 111 cm³/mol. The molecule has 1 saturated heterocycles. The van der Waals surface area contributed by atoms with Crippen molar-refractivity contribution in [2.24, 2.45) is 5.92 Å². The number of piperidine rings is 1. The Morgan fingerprint density at radius 1 is 1.33 bits per heavy atom. The molecular weight excluding hydrogens is 434 g/mol. The van der Waals surface area contributed by atoms with Crippen LogP contribution in [0.3, 0.4) is 0 Å². The van der Waals surface area contributed by atoms with E-state index in [1.165, 1.54) is 0 Å². The zero-order chi connectivity index (χ0) is 19.6. The Bertz CT molecular complexity index is 637. The van der Waals surface area contributed by atoms with Crippen LogP contribution in [-0.2, 0) is 14.3 Å². The van der Waals surface area contributed by atoms with Crippen molar-refractivity contribution in [1.82, 2.24) is 10.2 Å². The highest BCUT2D eigenvalue weighted by atomic mass is 79.9. The number of carbonyl (C=O) groups excluding carboxylic acids is 2. The van der Waals surface area contributed by atoms with Gasteiger partial charge in [0.2, 0.25) is 11.8 Å². The van der Waals surface area contributed by atoms with Gasteiger partial charge in [0.05, 0.1) is 17.3 Å². The number of likely N-dealkylation sites (tertiary alicyclic amines) is 1. The Balaban J connectivity index is 1.67. The standard InChI is InChI=1S/C19H27BrClN3O3/c1-2-27-11-3-8-22-19(26)14-6-9-24(10-7-14)13-18(25)23-17-5-4-15(20)12-16(17)21/h4-5,12,14H,2-3,6-11,13H2,1H3,(H,22,26)(H,23,25). The summed E-state index contributed by atoms with van der Waals surface area (Å²) < 4.78 is 6.13. The molecule has 8 heteroatoms. The third kappa shape index (κ3) is 7.78. The molecule has 0 saturated carbocycles. The second kappa shape index (κ2) is 11.6. The lowest BCUT2D eigenvalue weighted by atomic mass is 9.96. The topological polar surface area (TPSA) is 70.7 Å². The van der Waals surface area contributed by atoms with E-state index in [4.69, 9.17) is 16.3 Å². The Morgan fingerprint density at radius 3 is 2.74 bits per heavy atom. The fourth-order valence-corrected chi connectivity index (χ4v) is 3.73. The quantitative estimate of drug-likeness (QED) is 0.555. The molecule has 150 valence electrons. The van der Waals surface area contributed by atoms with E-state index in [-0.39, 0.29) is 17.7 Å². The Hall–Kier alpha value is -1.15. The van der Waals surface area contributed by atoms with Gasteiger partial charge in [0, 0.05) is 30.1 Å². The predicted octanol–water partition coefficient (Wildman–Crippen LogP) is 3.30. The van der Waals surface area contributed by atoms with Crippen molar-refractivity contribution in [3.63, 3.8) is 0 Å². The normalized spacial score (nSPS) is 15.5. The highest BCUT2D eigenvalue weighted by molar-refractivity contribution is 9.10. The minimum Gasteiger partial charge on any atom is -0.382 e. The molecule has 0 atom stereocenters. The monoisotopic (exact) mass is 459 g/mol. The van der Waals surface area contributed by atoms with Crippen molar-refractivity contribution in [3.05, 3.63) is 27.7 Å². The molecule has 1 aliphatic heterocycles. The SMILES string of the molecule is CCOCCCNC(=O)C1CCN(CC(=O)Nc2ccc(Br)cc2Cl)CC1. The zero-order valence-corrected chi connectivity index (χ0v) is 17.9. The first-order valence-corrected chi connectivity index (χ1v) is 10.5. The van der Waals surface area contributed by atoms with E-state index in [1.807, 2.05) is 13.0 Å². The molecule has 0 radical (unpaired) electrons. The summed E-state index contributed by atoms with van der Waals surface area (Å²) in [4.78, 5) is 26.5. The van der Waals surface area contributed by atoms with Crippen molar-refractivity contribution in [1.29, 1.82) is 0 Å². The van der Waals surface area contributed by atoms with Gasteiger partial charge in [-0.1, -0.05) is 27.5 Å². The minimum absolute atomic E-state index is 0.0253. The average molecular weight is 461 g/mol. The maximum absolute atomic E-state index is 12.2. The van der Waals surface area contributed by atoms with Gasteiger partial charge in [-0.05, 0) is 57.5 Å². The highest BCUT2D eigenvalue weighted by Crippen LogP contribution is 2.25. The molecule has 6 nitrogen and oxygen atoms in total. The molecule has 2 N–H and O–H groups in total. The summed E-state index contributed by atoms with van der Waals surface area (Å²) in [7, 11) is 0. The summed E-state index contributed by atoms with van der Waals surface area (Å²) >= 11 is 9.47. The third-order valence-corrected chi connectivity index (χ3v) is 5.31. The molecule has 2 rings (SSSR count). The zero-order valence-electron chi connectivity index (χ0n) is 15.6. The third-order valence-electron chi connectivity index (χ3n) is 4.50. The minimum atomic E-state index is -0.0990. The van der Waals surface area contributed by atoms with E-state index in [0.29, 0.717) is 37.0 Å². The van der Waals surface area contributed by atoms with Crippen molar-refractivity contribution in [3.8, 4) is 0 Å². The number of amides is 2. The molecule has 0 unspecified atom stereocenters. The van der Waals surface area contributed by atoms with Gasteiger partial charge in [-0.2, -0.15) is 0 Å². The molecule has 1 aromatic carbocycles. The van der Waals surface area contributed by atoms with Gasteiger partial charge < -0.3 is 15.4 Å². The van der Waals surface area contributed by atoms with Crippen LogP contribution in [-0.4, -0.2) is 56.1 Å². The smallest absolute Gasteiger partial charge is 0.238 e. The second-order valence-corrected chi connectivity index (χ2v) is 7.89. The lowest BCUT2D eigenvalue weighted by Gasteiger charge is -2.30. The molecule has 0 aromatic heterocycles. The highest BCUT2D eigenvalue weighted by Gasteiger charge is 2.25. The maximum Gasteiger partial charge on any atom is 0.238 e. The van der Waals surface area contributed by atoms with Gasteiger partial charge in [-0.25, -0.2) is 0 Å². The number of nitrogens with zero attached hydrogens (tertiary/aromatic N) is 1. The van der Waals surface area contributed by atoms with Crippen LogP contribution in [0.5, 0.6) is 0 Å². The van der Waals surface area contributed by atoms with E-state index < -0.39 is 0 Å². The number of hydrogen-bond donors (Lipinski definition) is 2. The van der Waals surface area contributed by atoms with Crippen LogP contribution >= 0.6 is 27.5 Å². The fraction of sp³-hybridized carbons (Fsp3) is 0.579. The van der Waals surface area contributed by atoms with Gasteiger partial charge in [0.25, 0.3) is 0 Å². The van der Waals surface area contributed by atoms with Crippen molar-refractivity contribution >= 4 is 45.0 Å². The van der Waals surface area contributed by atoms with Crippen LogP contribution in [0.15, 0.2) is 22.7 Å². The van der Waals surface area contributed by atoms with Gasteiger partial charge >= 0.3 is 0 Å². The van der Waals surface area contributed by atoms with E-state index in [1.54, 1.807) is 12.1 Å². The van der Waals surface area contributed by atoms with Crippen LogP contribution in [0.2, 0.25) is 5.02 Å². The molecule has 1 aliphatic rings. The summed E-state index contributed by atoms with van der Waals surface area (Å²) in [5, 5.41) is 6.31. The summed E-state index contributed by atoms with van der Waals surface area (Å²) in [6, 6.07) is 5.35. The van der Waals surface area contributed by atoms with Crippen molar-refractivity contribution in [2.45, 2.75) is 26.2 Å². The van der Waals surface area contributed by atoms with E-state index >= 15 is 0 Å². The lowest BCUT2D eigenvalue weighted by molar-refractivity contribution is -0.126. The van der Waals surface area contributed by atoms with E-state index in [9.17, 15) is 9.59 Å². The maximum atomic E-state index is 12.2. The fourth-order valence-electron chi connectivity index (χ4n) is 3.01. The lowest BCUT2D eigenvalue weighted by Crippen LogP contribution is -2.43. The van der Waals surface area contributed by atoms with Crippen molar-refractivity contribution in [2.75, 3.05) is 44.7 Å². The molecule has 1 heterocycles. The molecular formula is C19H27BrClN3O3. The number of anilines is 1. The number of ether oxygens (including phenoxy) is 1. The number of halogens is 2.